The first-order valence-electron chi connectivity index (χ1n) is 7.46. The first-order chi connectivity index (χ1) is 11.2. The molecule has 2 heterocycles. The van der Waals surface area contributed by atoms with Crippen LogP contribution in [0.2, 0.25) is 0 Å². The molecule has 1 N–H and O–H groups in total. The summed E-state index contributed by atoms with van der Waals surface area (Å²) in [5, 5.41) is 2.90. The molecule has 0 saturated carbocycles. The van der Waals surface area contributed by atoms with Gasteiger partial charge in [-0.1, -0.05) is 18.2 Å². The van der Waals surface area contributed by atoms with Crippen LogP contribution in [-0.2, 0) is 0 Å². The molecule has 0 bridgehead atoms. The van der Waals surface area contributed by atoms with Crippen LogP contribution >= 0.6 is 15.9 Å². The molecule has 0 spiro atoms. The Bertz CT molecular complexity index is 651. The number of likely N-dealkylation sites (tertiary alicyclic amines) is 1. The van der Waals surface area contributed by atoms with Crippen molar-refractivity contribution in [1.29, 1.82) is 0 Å². The summed E-state index contributed by atoms with van der Waals surface area (Å²) in [6.07, 6.45) is 4.97. The van der Waals surface area contributed by atoms with Gasteiger partial charge in [0.2, 0.25) is 0 Å². The van der Waals surface area contributed by atoms with Crippen molar-refractivity contribution in [1.82, 2.24) is 14.9 Å². The van der Waals surface area contributed by atoms with Crippen LogP contribution in [0.3, 0.4) is 0 Å². The smallest absolute Gasteiger partial charge is 0.321 e. The molecule has 2 amide bonds. The fourth-order valence-corrected chi connectivity index (χ4v) is 2.66. The van der Waals surface area contributed by atoms with E-state index in [0.717, 1.165) is 29.5 Å². The quantitative estimate of drug-likeness (QED) is 0.891. The highest BCUT2D eigenvalue weighted by Crippen LogP contribution is 2.17. The molecular weight excluding hydrogens is 360 g/mol. The van der Waals surface area contributed by atoms with Crippen molar-refractivity contribution in [3.63, 3.8) is 0 Å². The van der Waals surface area contributed by atoms with Gasteiger partial charge in [0.05, 0.1) is 11.0 Å². The fourth-order valence-electron chi connectivity index (χ4n) is 2.45. The number of anilines is 1. The number of nitrogens with one attached hydrogen (secondary N) is 1. The van der Waals surface area contributed by atoms with Crippen molar-refractivity contribution < 1.29 is 9.53 Å². The van der Waals surface area contributed by atoms with Crippen molar-refractivity contribution in [2.45, 2.75) is 18.9 Å². The zero-order chi connectivity index (χ0) is 16.1. The first-order valence-corrected chi connectivity index (χ1v) is 8.25. The average Bonchev–Trinajstić information content (AvgIpc) is 2.58. The molecule has 6 nitrogen and oxygen atoms in total. The average molecular weight is 377 g/mol. The van der Waals surface area contributed by atoms with Crippen LogP contribution in [-0.4, -0.2) is 40.1 Å². The molecular formula is C16H17BrN4O2. The maximum absolute atomic E-state index is 12.3. The number of hydrogen-bond donors (Lipinski definition) is 1. The summed E-state index contributed by atoms with van der Waals surface area (Å²) in [5.41, 5.74) is 0.789. The SMILES string of the molecule is O=C(Nc1ccccc1)N1CCCC(Oc2ncc(Br)cn2)C1. The third kappa shape index (κ3) is 4.41. The maximum Gasteiger partial charge on any atom is 0.321 e. The van der Waals surface area contributed by atoms with Gasteiger partial charge in [-0.05, 0) is 40.9 Å². The number of piperidine rings is 1. The third-order valence-corrected chi connectivity index (χ3v) is 3.97. The van der Waals surface area contributed by atoms with Crippen LogP contribution in [0.4, 0.5) is 10.5 Å². The molecule has 1 atom stereocenters. The van der Waals surface area contributed by atoms with Crippen molar-refractivity contribution >= 4 is 27.6 Å². The second kappa shape index (κ2) is 7.41. The summed E-state index contributed by atoms with van der Waals surface area (Å²) < 4.78 is 6.58. The highest BCUT2D eigenvalue weighted by molar-refractivity contribution is 9.10. The zero-order valence-corrected chi connectivity index (χ0v) is 14.1. The summed E-state index contributed by atoms with van der Waals surface area (Å²) >= 11 is 3.29. The summed E-state index contributed by atoms with van der Waals surface area (Å²) in [6.45, 7) is 1.25. The lowest BCUT2D eigenvalue weighted by Crippen LogP contribution is -2.46. The van der Waals surface area contributed by atoms with Gasteiger partial charge >= 0.3 is 12.0 Å². The molecule has 0 aliphatic carbocycles. The Hall–Kier alpha value is -2.15. The number of aromatic nitrogens is 2. The van der Waals surface area contributed by atoms with E-state index in [2.05, 4.69) is 31.2 Å². The van der Waals surface area contributed by atoms with E-state index in [0.29, 0.717) is 12.6 Å². The van der Waals surface area contributed by atoms with E-state index in [1.54, 1.807) is 17.3 Å². The predicted octanol–water partition coefficient (Wildman–Crippen LogP) is 3.31. The minimum absolute atomic E-state index is 0.0913. The second-order valence-corrected chi connectivity index (χ2v) is 6.22. The molecule has 1 aromatic heterocycles. The number of benzene rings is 1. The number of rotatable bonds is 3. The van der Waals surface area contributed by atoms with E-state index < -0.39 is 0 Å². The Morgan fingerprint density at radius 3 is 2.74 bits per heavy atom. The van der Waals surface area contributed by atoms with Crippen molar-refractivity contribution in [3.05, 3.63) is 47.2 Å². The number of nitrogens with zero attached hydrogens (tertiary/aromatic N) is 3. The van der Waals surface area contributed by atoms with Gasteiger partial charge in [0, 0.05) is 24.6 Å². The normalized spacial score (nSPS) is 17.6. The van der Waals surface area contributed by atoms with Gasteiger partial charge in [-0.2, -0.15) is 0 Å². The van der Waals surface area contributed by atoms with Gasteiger partial charge in [0.15, 0.2) is 0 Å². The van der Waals surface area contributed by atoms with Gasteiger partial charge in [0.25, 0.3) is 0 Å². The number of para-hydroxylation sites is 1. The van der Waals surface area contributed by atoms with E-state index in [1.165, 1.54) is 0 Å². The second-order valence-electron chi connectivity index (χ2n) is 5.31. The zero-order valence-electron chi connectivity index (χ0n) is 12.5. The third-order valence-electron chi connectivity index (χ3n) is 3.56. The van der Waals surface area contributed by atoms with Crippen molar-refractivity contribution in [2.24, 2.45) is 0 Å². The predicted molar refractivity (Wildman–Crippen MR) is 90.4 cm³/mol. The van der Waals surface area contributed by atoms with Crippen LogP contribution < -0.4 is 10.1 Å². The monoisotopic (exact) mass is 376 g/mol. The summed E-state index contributed by atoms with van der Waals surface area (Å²) in [4.78, 5) is 22.3. The molecule has 1 unspecified atom stereocenters. The first kappa shape index (κ1) is 15.7. The van der Waals surface area contributed by atoms with Crippen LogP contribution in [0.1, 0.15) is 12.8 Å². The minimum Gasteiger partial charge on any atom is -0.458 e. The number of halogens is 1. The fraction of sp³-hybridized carbons (Fsp3) is 0.312. The Morgan fingerprint density at radius 1 is 1.26 bits per heavy atom. The van der Waals surface area contributed by atoms with E-state index >= 15 is 0 Å². The van der Waals surface area contributed by atoms with Crippen molar-refractivity contribution in [2.75, 3.05) is 18.4 Å². The van der Waals surface area contributed by atoms with Crippen LogP contribution in [0, 0.1) is 0 Å². The number of carbonyl (C=O) groups excluding carboxylic acids is 1. The van der Waals surface area contributed by atoms with Gasteiger partial charge in [-0.25, -0.2) is 14.8 Å². The van der Waals surface area contributed by atoms with E-state index in [-0.39, 0.29) is 12.1 Å². The van der Waals surface area contributed by atoms with E-state index in [1.807, 2.05) is 30.3 Å². The molecule has 1 aliphatic heterocycles. The molecule has 120 valence electrons. The molecule has 1 fully saturated rings. The topological polar surface area (TPSA) is 67.4 Å². The van der Waals surface area contributed by atoms with Crippen LogP contribution in [0.15, 0.2) is 47.2 Å². The van der Waals surface area contributed by atoms with Crippen LogP contribution in [0.5, 0.6) is 6.01 Å². The Labute approximate surface area is 143 Å². The van der Waals surface area contributed by atoms with Gasteiger partial charge in [0.1, 0.15) is 6.10 Å². The number of ether oxygens (including phenoxy) is 1. The number of hydrogen-bond acceptors (Lipinski definition) is 4. The number of carbonyl (C=O) groups is 1. The number of urea groups is 1. The van der Waals surface area contributed by atoms with Crippen molar-refractivity contribution in [3.8, 4) is 6.01 Å². The molecule has 1 saturated heterocycles. The Morgan fingerprint density at radius 2 is 2.00 bits per heavy atom. The summed E-state index contributed by atoms with van der Waals surface area (Å²) in [7, 11) is 0. The van der Waals surface area contributed by atoms with Gasteiger partial charge in [-0.3, -0.25) is 0 Å². The largest absolute Gasteiger partial charge is 0.458 e. The molecule has 1 aliphatic rings. The molecule has 7 heteroatoms. The Balaban J connectivity index is 1.57. The summed E-state index contributed by atoms with van der Waals surface area (Å²) in [6, 6.07) is 9.66. The molecule has 2 aromatic rings. The minimum atomic E-state index is -0.110. The lowest BCUT2D eigenvalue weighted by molar-refractivity contribution is 0.0983. The van der Waals surface area contributed by atoms with E-state index in [4.69, 9.17) is 4.74 Å². The molecule has 3 rings (SSSR count). The molecule has 23 heavy (non-hydrogen) atoms. The Kier molecular flexibility index (Phi) is 5.07. The lowest BCUT2D eigenvalue weighted by Gasteiger charge is -2.32. The molecule has 1 aromatic carbocycles. The number of amides is 2. The van der Waals surface area contributed by atoms with E-state index in [9.17, 15) is 4.79 Å². The standard InChI is InChI=1S/C16H17BrN4O2/c17-12-9-18-15(19-10-12)23-14-7-4-8-21(11-14)16(22)20-13-5-2-1-3-6-13/h1-3,5-6,9-10,14H,4,7-8,11H2,(H,20,22). The lowest BCUT2D eigenvalue weighted by atomic mass is 10.1. The maximum atomic E-state index is 12.3. The highest BCUT2D eigenvalue weighted by Gasteiger charge is 2.25. The van der Waals surface area contributed by atoms with Gasteiger partial charge < -0.3 is 15.0 Å². The van der Waals surface area contributed by atoms with Gasteiger partial charge in [-0.15, -0.1) is 0 Å². The highest BCUT2D eigenvalue weighted by atomic mass is 79.9. The molecule has 0 radical (unpaired) electrons. The summed E-state index contributed by atoms with van der Waals surface area (Å²) in [5.74, 6) is 0. The van der Waals surface area contributed by atoms with Crippen LogP contribution in [0.25, 0.3) is 0 Å².